The van der Waals surface area contributed by atoms with Gasteiger partial charge < -0.3 is 4.52 Å². The molecule has 6 heteroatoms. The molecule has 0 spiro atoms. The topological polar surface area (TPSA) is 69.2 Å². The van der Waals surface area contributed by atoms with Crippen molar-refractivity contribution < 1.29 is 9.45 Å². The molecule has 0 atom stereocenters. The molecule has 0 radical (unpaired) electrons. The Morgan fingerprint density at radius 3 is 3.07 bits per heavy atom. The van der Waals surface area contributed by atoms with Gasteiger partial charge in [-0.15, -0.1) is 0 Å². The minimum atomic E-state index is -0.460. The molecular weight excluding hydrogens is 208 g/mol. The monoisotopic (exact) mass is 212 g/mol. The van der Waals surface area contributed by atoms with E-state index in [1.165, 1.54) is 0 Å². The molecule has 0 amide bonds. The zero-order chi connectivity index (χ0) is 10.1. The molecule has 0 aliphatic heterocycles. The highest BCUT2D eigenvalue weighted by Gasteiger charge is 2.14. The second kappa shape index (κ2) is 3.26. The third-order valence-corrected chi connectivity index (χ3v) is 2.10. The van der Waals surface area contributed by atoms with Gasteiger partial charge in [-0.3, -0.25) is 10.1 Å². The largest absolute Gasteiger partial charge is 0.354 e. The van der Waals surface area contributed by atoms with Crippen molar-refractivity contribution in [2.24, 2.45) is 0 Å². The second-order valence-electron chi connectivity index (χ2n) is 2.74. The van der Waals surface area contributed by atoms with E-state index >= 15 is 0 Å². The summed E-state index contributed by atoms with van der Waals surface area (Å²) in [5.41, 5.74) is 0.693. The number of rotatable bonds is 2. The molecule has 2 aromatic rings. The highest BCUT2D eigenvalue weighted by Crippen LogP contribution is 2.25. The van der Waals surface area contributed by atoms with Gasteiger partial charge in [0.25, 0.3) is 0 Å². The molecule has 72 valence electrons. The van der Waals surface area contributed by atoms with Gasteiger partial charge in [0.2, 0.25) is 6.54 Å². The van der Waals surface area contributed by atoms with E-state index in [0.717, 1.165) is 0 Å². The highest BCUT2D eigenvalue weighted by molar-refractivity contribution is 6.34. The Morgan fingerprint density at radius 2 is 2.36 bits per heavy atom. The van der Waals surface area contributed by atoms with E-state index in [-0.39, 0.29) is 6.54 Å². The first-order chi connectivity index (χ1) is 6.68. The average molecular weight is 213 g/mol. The van der Waals surface area contributed by atoms with Gasteiger partial charge in [0.05, 0.1) is 10.4 Å². The number of benzene rings is 1. The van der Waals surface area contributed by atoms with Crippen molar-refractivity contribution in [3.05, 3.63) is 39.0 Å². The number of fused-ring (bicyclic) bond motifs is 1. The van der Waals surface area contributed by atoms with Gasteiger partial charge in [0.1, 0.15) is 0 Å². The summed E-state index contributed by atoms with van der Waals surface area (Å²) in [6, 6.07) is 5.03. The number of nitrogens with zero attached hydrogens (tertiary/aromatic N) is 2. The standard InChI is InChI=1S/C8H5ClN2O3/c9-6-3-1-2-5-7(4-11(12)13)10-14-8(5)6/h1-3H,4H2. The Bertz CT molecular complexity index is 494. The maximum absolute atomic E-state index is 10.3. The van der Waals surface area contributed by atoms with Crippen LogP contribution in [0.1, 0.15) is 5.69 Å². The summed E-state index contributed by atoms with van der Waals surface area (Å²) in [7, 11) is 0. The van der Waals surface area contributed by atoms with Crippen LogP contribution in [0.5, 0.6) is 0 Å². The van der Waals surface area contributed by atoms with Gasteiger partial charge in [-0.1, -0.05) is 22.8 Å². The van der Waals surface area contributed by atoms with Crippen LogP contribution in [0.25, 0.3) is 11.0 Å². The van der Waals surface area contributed by atoms with Crippen LogP contribution in [0.4, 0.5) is 0 Å². The number of para-hydroxylation sites is 1. The summed E-state index contributed by atoms with van der Waals surface area (Å²) >= 11 is 5.80. The van der Waals surface area contributed by atoms with Crippen LogP contribution in [0.15, 0.2) is 22.7 Å². The van der Waals surface area contributed by atoms with Crippen LogP contribution < -0.4 is 0 Å². The van der Waals surface area contributed by atoms with Gasteiger partial charge in [-0.05, 0) is 12.1 Å². The quantitative estimate of drug-likeness (QED) is 0.566. The van der Waals surface area contributed by atoms with Gasteiger partial charge in [0.15, 0.2) is 11.3 Å². The van der Waals surface area contributed by atoms with Crippen LogP contribution in [0.3, 0.4) is 0 Å². The van der Waals surface area contributed by atoms with Crippen molar-refractivity contribution in [3.8, 4) is 0 Å². The number of hydrogen-bond acceptors (Lipinski definition) is 4. The van der Waals surface area contributed by atoms with Crippen LogP contribution in [-0.4, -0.2) is 10.1 Å². The van der Waals surface area contributed by atoms with Crippen molar-refractivity contribution in [2.75, 3.05) is 0 Å². The van der Waals surface area contributed by atoms with E-state index in [2.05, 4.69) is 5.16 Å². The van der Waals surface area contributed by atoms with Crippen molar-refractivity contribution in [1.82, 2.24) is 5.16 Å². The third kappa shape index (κ3) is 1.42. The molecule has 1 aromatic heterocycles. The SMILES string of the molecule is O=[N+]([O-])Cc1noc2c(Cl)cccc12. The van der Waals surface area contributed by atoms with Gasteiger partial charge >= 0.3 is 0 Å². The fourth-order valence-electron chi connectivity index (χ4n) is 1.22. The van der Waals surface area contributed by atoms with Gasteiger partial charge in [-0.25, -0.2) is 0 Å². The molecule has 0 unspecified atom stereocenters. The van der Waals surface area contributed by atoms with Crippen LogP contribution >= 0.6 is 11.6 Å². The first-order valence-electron chi connectivity index (χ1n) is 3.83. The molecule has 14 heavy (non-hydrogen) atoms. The minimum Gasteiger partial charge on any atom is -0.354 e. The predicted octanol–water partition coefficient (Wildman–Crippen LogP) is 2.26. The molecule has 2 rings (SSSR count). The molecule has 0 N–H and O–H groups in total. The smallest absolute Gasteiger partial charge is 0.249 e. The Hall–Kier alpha value is -1.62. The van der Waals surface area contributed by atoms with Crippen molar-refractivity contribution in [1.29, 1.82) is 0 Å². The number of hydrogen-bond donors (Lipinski definition) is 0. The molecule has 5 nitrogen and oxygen atoms in total. The maximum Gasteiger partial charge on any atom is 0.249 e. The average Bonchev–Trinajstić information content (AvgIpc) is 2.49. The minimum absolute atomic E-state index is 0.299. The van der Waals surface area contributed by atoms with Crippen LogP contribution in [0.2, 0.25) is 5.02 Å². The first-order valence-corrected chi connectivity index (χ1v) is 4.21. The van der Waals surface area contributed by atoms with E-state index < -0.39 is 4.92 Å². The summed E-state index contributed by atoms with van der Waals surface area (Å²) in [6.45, 7) is -0.354. The molecule has 0 saturated carbocycles. The van der Waals surface area contributed by atoms with Crippen molar-refractivity contribution >= 4 is 22.6 Å². The lowest BCUT2D eigenvalue weighted by atomic mass is 10.2. The zero-order valence-corrected chi connectivity index (χ0v) is 7.69. The van der Waals surface area contributed by atoms with Gasteiger partial charge in [0, 0.05) is 4.92 Å². The fraction of sp³-hybridized carbons (Fsp3) is 0.125. The lowest BCUT2D eigenvalue weighted by Gasteiger charge is -1.90. The molecule has 0 aliphatic rings. The van der Waals surface area contributed by atoms with E-state index in [4.69, 9.17) is 16.1 Å². The summed E-state index contributed by atoms with van der Waals surface area (Å²) in [5.74, 6) is 0. The van der Waals surface area contributed by atoms with E-state index in [9.17, 15) is 10.1 Å². The molecular formula is C8H5ClN2O3. The molecule has 1 heterocycles. The number of nitro groups is 1. The van der Waals surface area contributed by atoms with E-state index in [1.807, 2.05) is 0 Å². The summed E-state index contributed by atoms with van der Waals surface area (Å²) in [6.07, 6.45) is 0. The Kier molecular flexibility index (Phi) is 2.09. The molecule has 0 aliphatic carbocycles. The molecule has 1 aromatic carbocycles. The highest BCUT2D eigenvalue weighted by atomic mass is 35.5. The first kappa shape index (κ1) is 8.96. The Balaban J connectivity index is 2.58. The van der Waals surface area contributed by atoms with Crippen molar-refractivity contribution in [2.45, 2.75) is 6.54 Å². The maximum atomic E-state index is 10.3. The molecule has 0 saturated heterocycles. The summed E-state index contributed by atoms with van der Waals surface area (Å²) in [5, 5.41) is 14.9. The zero-order valence-electron chi connectivity index (χ0n) is 6.94. The van der Waals surface area contributed by atoms with Crippen molar-refractivity contribution in [3.63, 3.8) is 0 Å². The van der Waals surface area contributed by atoms with Crippen LogP contribution in [-0.2, 0) is 6.54 Å². The molecule has 0 bridgehead atoms. The lowest BCUT2D eigenvalue weighted by molar-refractivity contribution is -0.497. The van der Waals surface area contributed by atoms with Gasteiger partial charge in [-0.2, -0.15) is 0 Å². The lowest BCUT2D eigenvalue weighted by Crippen LogP contribution is -1.98. The third-order valence-electron chi connectivity index (χ3n) is 1.80. The number of halogens is 1. The van der Waals surface area contributed by atoms with E-state index in [0.29, 0.717) is 21.7 Å². The predicted molar refractivity (Wildman–Crippen MR) is 49.7 cm³/mol. The normalized spacial score (nSPS) is 10.6. The summed E-state index contributed by atoms with van der Waals surface area (Å²) < 4.78 is 4.89. The molecule has 0 fully saturated rings. The fourth-order valence-corrected chi connectivity index (χ4v) is 1.42. The number of aromatic nitrogens is 1. The van der Waals surface area contributed by atoms with E-state index in [1.54, 1.807) is 18.2 Å². The Labute approximate surface area is 83.4 Å². The summed E-state index contributed by atoms with van der Waals surface area (Å²) in [4.78, 5) is 9.83. The second-order valence-corrected chi connectivity index (χ2v) is 3.14. The Morgan fingerprint density at radius 1 is 1.57 bits per heavy atom. The van der Waals surface area contributed by atoms with Crippen LogP contribution in [0, 0.1) is 10.1 Å².